The first-order valence-electron chi connectivity index (χ1n) is 5.50. The number of amides is 2. The van der Waals surface area contributed by atoms with Crippen LogP contribution in [0.1, 0.15) is 6.92 Å². The topological polar surface area (TPSA) is 52.7 Å². The number of carbonyl (C=O) groups is 2. The van der Waals surface area contributed by atoms with E-state index in [1.54, 1.807) is 4.90 Å². The average molecular weight is 248 g/mol. The van der Waals surface area contributed by atoms with Gasteiger partial charge in [-0.2, -0.15) is 0 Å². The molecule has 1 N–H and O–H groups in total. The van der Waals surface area contributed by atoms with Crippen molar-refractivity contribution in [3.05, 3.63) is 0 Å². The fourth-order valence-electron chi connectivity index (χ4n) is 1.70. The molecule has 2 amide bonds. The zero-order valence-electron chi connectivity index (χ0n) is 9.54. The maximum absolute atomic E-state index is 11.3. The molecule has 1 aliphatic heterocycles. The number of likely N-dealkylation sites (N-methyl/N-ethyl adjacent to an activating group) is 1. The molecule has 1 rings (SSSR count). The van der Waals surface area contributed by atoms with E-state index in [1.807, 2.05) is 11.8 Å². The lowest BCUT2D eigenvalue weighted by Crippen LogP contribution is -2.51. The monoisotopic (exact) mass is 247 g/mol. The lowest BCUT2D eigenvalue weighted by molar-refractivity contribution is -0.130. The molecule has 1 heterocycles. The number of piperazine rings is 1. The Morgan fingerprint density at radius 1 is 1.25 bits per heavy atom. The van der Waals surface area contributed by atoms with Gasteiger partial charge in [-0.1, -0.05) is 0 Å². The number of hydrogen-bond donors (Lipinski definition) is 1. The molecule has 6 heteroatoms. The van der Waals surface area contributed by atoms with E-state index in [0.717, 1.165) is 13.1 Å². The standard InChI is InChI=1S/C10H18ClN3O2/c1-2-12-9(15)8-13-3-5-14(6-4-13)10(16)7-11/h2-8H2,1H3,(H,12,15). The third kappa shape index (κ3) is 3.98. The molecule has 0 aromatic heterocycles. The van der Waals surface area contributed by atoms with Crippen LogP contribution < -0.4 is 5.32 Å². The van der Waals surface area contributed by atoms with Crippen molar-refractivity contribution in [3.8, 4) is 0 Å². The molecule has 92 valence electrons. The second-order valence-corrected chi connectivity index (χ2v) is 4.01. The highest BCUT2D eigenvalue weighted by molar-refractivity contribution is 6.27. The largest absolute Gasteiger partial charge is 0.355 e. The van der Waals surface area contributed by atoms with E-state index >= 15 is 0 Å². The molecule has 1 aliphatic rings. The van der Waals surface area contributed by atoms with Crippen LogP contribution in [0.4, 0.5) is 0 Å². The summed E-state index contributed by atoms with van der Waals surface area (Å²) in [5.41, 5.74) is 0. The highest BCUT2D eigenvalue weighted by Crippen LogP contribution is 2.02. The van der Waals surface area contributed by atoms with Gasteiger partial charge in [0.05, 0.1) is 6.54 Å². The van der Waals surface area contributed by atoms with Crippen LogP contribution in [-0.2, 0) is 9.59 Å². The van der Waals surface area contributed by atoms with E-state index in [0.29, 0.717) is 26.2 Å². The van der Waals surface area contributed by atoms with Crippen molar-refractivity contribution in [1.82, 2.24) is 15.1 Å². The minimum atomic E-state index is -0.0284. The van der Waals surface area contributed by atoms with E-state index in [9.17, 15) is 9.59 Å². The lowest BCUT2D eigenvalue weighted by Gasteiger charge is -2.33. The Bertz CT molecular complexity index is 252. The first kappa shape index (κ1) is 13.3. The molecule has 0 radical (unpaired) electrons. The Kier molecular flexibility index (Phi) is 5.55. The second kappa shape index (κ2) is 6.70. The lowest BCUT2D eigenvalue weighted by atomic mass is 10.3. The number of nitrogens with zero attached hydrogens (tertiary/aromatic N) is 2. The maximum Gasteiger partial charge on any atom is 0.237 e. The summed E-state index contributed by atoms with van der Waals surface area (Å²) in [6.07, 6.45) is 0. The summed E-state index contributed by atoms with van der Waals surface area (Å²) in [7, 11) is 0. The second-order valence-electron chi connectivity index (χ2n) is 3.74. The molecule has 16 heavy (non-hydrogen) atoms. The highest BCUT2D eigenvalue weighted by atomic mass is 35.5. The van der Waals surface area contributed by atoms with Gasteiger partial charge >= 0.3 is 0 Å². The van der Waals surface area contributed by atoms with Crippen molar-refractivity contribution < 1.29 is 9.59 Å². The third-order valence-electron chi connectivity index (χ3n) is 2.58. The predicted molar refractivity (Wildman–Crippen MR) is 62.4 cm³/mol. The zero-order chi connectivity index (χ0) is 12.0. The number of nitrogens with one attached hydrogen (secondary N) is 1. The Labute approximate surface area is 101 Å². The molecule has 1 fully saturated rings. The van der Waals surface area contributed by atoms with Crippen molar-refractivity contribution in [3.63, 3.8) is 0 Å². The third-order valence-corrected chi connectivity index (χ3v) is 2.81. The normalized spacial score (nSPS) is 17.2. The number of halogens is 1. The summed E-state index contributed by atoms with van der Waals surface area (Å²) in [6.45, 7) is 5.75. The molecule has 0 saturated carbocycles. The predicted octanol–water partition coefficient (Wildman–Crippen LogP) is -0.494. The number of carbonyl (C=O) groups excluding carboxylic acids is 2. The number of rotatable bonds is 4. The van der Waals surface area contributed by atoms with Crippen LogP contribution in [0.15, 0.2) is 0 Å². The van der Waals surface area contributed by atoms with E-state index in [4.69, 9.17) is 11.6 Å². The van der Waals surface area contributed by atoms with Crippen molar-refractivity contribution >= 4 is 23.4 Å². The van der Waals surface area contributed by atoms with Crippen LogP contribution in [0.5, 0.6) is 0 Å². The SMILES string of the molecule is CCNC(=O)CN1CCN(C(=O)CCl)CC1. The molecule has 1 saturated heterocycles. The van der Waals surface area contributed by atoms with Gasteiger partial charge < -0.3 is 10.2 Å². The summed E-state index contributed by atoms with van der Waals surface area (Å²) in [5.74, 6) is 0.0509. The summed E-state index contributed by atoms with van der Waals surface area (Å²) in [5, 5.41) is 2.76. The summed E-state index contributed by atoms with van der Waals surface area (Å²) >= 11 is 5.48. The van der Waals surface area contributed by atoms with Gasteiger partial charge in [-0.25, -0.2) is 0 Å². The van der Waals surface area contributed by atoms with Gasteiger partial charge in [0.2, 0.25) is 11.8 Å². The van der Waals surface area contributed by atoms with E-state index in [1.165, 1.54) is 0 Å². The summed E-state index contributed by atoms with van der Waals surface area (Å²) < 4.78 is 0. The highest BCUT2D eigenvalue weighted by Gasteiger charge is 2.21. The molecule has 0 unspecified atom stereocenters. The maximum atomic E-state index is 11.3. The Morgan fingerprint density at radius 2 is 1.88 bits per heavy atom. The van der Waals surface area contributed by atoms with Gasteiger partial charge in [0.25, 0.3) is 0 Å². The Balaban J connectivity index is 2.26. The number of alkyl halides is 1. The fraction of sp³-hybridized carbons (Fsp3) is 0.800. The van der Waals surface area contributed by atoms with Crippen molar-refractivity contribution in [2.75, 3.05) is 45.1 Å². The van der Waals surface area contributed by atoms with Crippen LogP contribution in [0.3, 0.4) is 0 Å². The smallest absolute Gasteiger partial charge is 0.237 e. The van der Waals surface area contributed by atoms with Crippen molar-refractivity contribution in [2.45, 2.75) is 6.92 Å². The summed E-state index contributed by atoms with van der Waals surface area (Å²) in [4.78, 5) is 26.4. The zero-order valence-corrected chi connectivity index (χ0v) is 10.3. The molecule has 0 bridgehead atoms. The quantitative estimate of drug-likeness (QED) is 0.682. The minimum Gasteiger partial charge on any atom is -0.355 e. The Hall–Kier alpha value is -0.810. The van der Waals surface area contributed by atoms with Crippen LogP contribution in [0.2, 0.25) is 0 Å². The van der Waals surface area contributed by atoms with Gasteiger partial charge in [0.1, 0.15) is 5.88 Å². The molecule has 0 aliphatic carbocycles. The molecule has 0 atom stereocenters. The first-order chi connectivity index (χ1) is 7.67. The van der Waals surface area contributed by atoms with E-state index in [2.05, 4.69) is 5.32 Å². The molecular formula is C10H18ClN3O2. The van der Waals surface area contributed by atoms with E-state index < -0.39 is 0 Å². The van der Waals surface area contributed by atoms with Crippen LogP contribution >= 0.6 is 11.6 Å². The van der Waals surface area contributed by atoms with Gasteiger partial charge in [-0.3, -0.25) is 14.5 Å². The minimum absolute atomic E-state index is 0.0284. The van der Waals surface area contributed by atoms with Crippen LogP contribution in [-0.4, -0.2) is 66.8 Å². The van der Waals surface area contributed by atoms with Crippen molar-refractivity contribution in [1.29, 1.82) is 0 Å². The molecule has 0 spiro atoms. The van der Waals surface area contributed by atoms with Crippen LogP contribution in [0.25, 0.3) is 0 Å². The first-order valence-corrected chi connectivity index (χ1v) is 6.03. The fourth-order valence-corrected chi connectivity index (χ4v) is 1.87. The number of hydrogen-bond acceptors (Lipinski definition) is 3. The van der Waals surface area contributed by atoms with Crippen LogP contribution in [0, 0.1) is 0 Å². The molecule has 0 aromatic rings. The molecule has 0 aromatic carbocycles. The average Bonchev–Trinajstić information content (AvgIpc) is 2.29. The summed E-state index contributed by atoms with van der Waals surface area (Å²) in [6, 6.07) is 0. The van der Waals surface area contributed by atoms with Crippen molar-refractivity contribution in [2.24, 2.45) is 0 Å². The van der Waals surface area contributed by atoms with Gasteiger partial charge in [0.15, 0.2) is 0 Å². The van der Waals surface area contributed by atoms with Gasteiger partial charge in [0, 0.05) is 32.7 Å². The van der Waals surface area contributed by atoms with E-state index in [-0.39, 0.29) is 17.7 Å². The van der Waals surface area contributed by atoms with Gasteiger partial charge in [-0.05, 0) is 6.92 Å². The molecular weight excluding hydrogens is 230 g/mol. The Morgan fingerprint density at radius 3 is 2.38 bits per heavy atom. The van der Waals surface area contributed by atoms with Gasteiger partial charge in [-0.15, -0.1) is 11.6 Å². The molecule has 5 nitrogen and oxygen atoms in total.